The lowest BCUT2D eigenvalue weighted by Crippen LogP contribution is -2.52. The van der Waals surface area contributed by atoms with Crippen LogP contribution in [0.4, 0.5) is 0 Å². The average molecular weight is 281 g/mol. The molecular weight excluding hydrogens is 256 g/mol. The molecule has 1 saturated heterocycles. The maximum Gasteiger partial charge on any atom is 0.230 e. The van der Waals surface area contributed by atoms with Crippen LogP contribution in [0.15, 0.2) is 0 Å². The van der Waals surface area contributed by atoms with E-state index in [0.29, 0.717) is 17.8 Å². The summed E-state index contributed by atoms with van der Waals surface area (Å²) in [6, 6.07) is 0.708. The van der Waals surface area contributed by atoms with Crippen LogP contribution in [0.25, 0.3) is 0 Å². The lowest BCUT2D eigenvalue weighted by atomic mass is 10.00. The molecule has 102 valence electrons. The molecule has 0 aromatic carbocycles. The molecule has 1 heterocycles. The third-order valence-corrected chi connectivity index (χ3v) is 4.02. The van der Waals surface area contributed by atoms with Crippen molar-refractivity contribution in [2.24, 2.45) is 0 Å². The fraction of sp³-hybridized carbons (Fsp3) is 0.917. The molecule has 1 rings (SSSR count). The van der Waals surface area contributed by atoms with E-state index in [2.05, 4.69) is 38.3 Å². The Kier molecular flexibility index (Phi) is 7.52. The van der Waals surface area contributed by atoms with Crippen LogP contribution in [-0.4, -0.2) is 35.0 Å². The van der Waals surface area contributed by atoms with Crippen molar-refractivity contribution in [3.05, 3.63) is 0 Å². The van der Waals surface area contributed by atoms with Crippen LogP contribution in [0.3, 0.4) is 0 Å². The second-order valence-corrected chi connectivity index (χ2v) is 7.26. The number of carbonyl (C=O) groups excluding carboxylic acids is 1. The zero-order chi connectivity index (χ0) is 12.2. The SMILES string of the molecule is CC1NCCCC1NC(=O)CSC(C)(C)C.Cl. The Balaban J connectivity index is 0.00000256. The van der Waals surface area contributed by atoms with E-state index in [1.807, 2.05) is 0 Å². The Morgan fingerprint density at radius 1 is 1.47 bits per heavy atom. The first kappa shape index (κ1) is 17.1. The summed E-state index contributed by atoms with van der Waals surface area (Å²) >= 11 is 1.70. The highest BCUT2D eigenvalue weighted by molar-refractivity contribution is 8.01. The summed E-state index contributed by atoms with van der Waals surface area (Å²) in [7, 11) is 0. The molecule has 0 aliphatic carbocycles. The Labute approximate surface area is 115 Å². The van der Waals surface area contributed by atoms with Crippen LogP contribution in [0.2, 0.25) is 0 Å². The minimum Gasteiger partial charge on any atom is -0.351 e. The van der Waals surface area contributed by atoms with Crippen molar-refractivity contribution in [3.63, 3.8) is 0 Å². The van der Waals surface area contributed by atoms with Crippen molar-refractivity contribution in [1.82, 2.24) is 10.6 Å². The number of thioether (sulfide) groups is 1. The van der Waals surface area contributed by atoms with Crippen molar-refractivity contribution in [2.45, 2.75) is 57.4 Å². The van der Waals surface area contributed by atoms with Gasteiger partial charge in [0.05, 0.1) is 5.75 Å². The predicted octanol–water partition coefficient (Wildman–Crippen LogP) is 2.20. The van der Waals surface area contributed by atoms with Gasteiger partial charge in [-0.15, -0.1) is 24.2 Å². The van der Waals surface area contributed by atoms with Gasteiger partial charge in [-0.25, -0.2) is 0 Å². The average Bonchev–Trinajstić information content (AvgIpc) is 2.18. The number of hydrogen-bond donors (Lipinski definition) is 2. The molecule has 1 aliphatic heterocycles. The van der Waals surface area contributed by atoms with E-state index in [0.717, 1.165) is 19.4 Å². The summed E-state index contributed by atoms with van der Waals surface area (Å²) in [4.78, 5) is 11.7. The molecule has 0 bridgehead atoms. The van der Waals surface area contributed by atoms with Crippen molar-refractivity contribution in [2.75, 3.05) is 12.3 Å². The van der Waals surface area contributed by atoms with Crippen LogP contribution >= 0.6 is 24.2 Å². The lowest BCUT2D eigenvalue weighted by molar-refractivity contribution is -0.119. The third kappa shape index (κ3) is 7.17. The number of amides is 1. The standard InChI is InChI=1S/C12H24N2OS.ClH/c1-9-10(6-5-7-13-9)14-11(15)8-16-12(2,3)4;/h9-10,13H,5-8H2,1-4H3,(H,14,15);1H. The summed E-state index contributed by atoms with van der Waals surface area (Å²) in [6.07, 6.45) is 2.25. The molecule has 17 heavy (non-hydrogen) atoms. The number of halogens is 1. The smallest absolute Gasteiger partial charge is 0.230 e. The number of hydrogen-bond acceptors (Lipinski definition) is 3. The zero-order valence-corrected chi connectivity index (χ0v) is 12.8. The molecule has 2 unspecified atom stereocenters. The van der Waals surface area contributed by atoms with Crippen molar-refractivity contribution >= 4 is 30.1 Å². The van der Waals surface area contributed by atoms with Gasteiger partial charge in [0.25, 0.3) is 0 Å². The highest BCUT2D eigenvalue weighted by Gasteiger charge is 2.22. The van der Waals surface area contributed by atoms with Crippen LogP contribution < -0.4 is 10.6 Å². The van der Waals surface area contributed by atoms with E-state index in [1.165, 1.54) is 0 Å². The molecule has 3 nitrogen and oxygen atoms in total. The molecule has 0 aromatic rings. The monoisotopic (exact) mass is 280 g/mol. The Morgan fingerprint density at radius 2 is 2.12 bits per heavy atom. The van der Waals surface area contributed by atoms with E-state index in [4.69, 9.17) is 0 Å². The highest BCUT2D eigenvalue weighted by atomic mass is 35.5. The van der Waals surface area contributed by atoms with Crippen molar-refractivity contribution in [1.29, 1.82) is 0 Å². The fourth-order valence-corrected chi connectivity index (χ4v) is 2.42. The van der Waals surface area contributed by atoms with Gasteiger partial charge < -0.3 is 10.6 Å². The van der Waals surface area contributed by atoms with Gasteiger partial charge in [0, 0.05) is 16.8 Å². The number of rotatable bonds is 3. The van der Waals surface area contributed by atoms with Gasteiger partial charge in [0.2, 0.25) is 5.91 Å². The van der Waals surface area contributed by atoms with Gasteiger partial charge in [0.1, 0.15) is 0 Å². The normalized spacial score (nSPS) is 24.9. The molecule has 1 amide bonds. The van der Waals surface area contributed by atoms with E-state index >= 15 is 0 Å². The summed E-state index contributed by atoms with van der Waals surface area (Å²) in [5.41, 5.74) is 0. The molecule has 5 heteroatoms. The Bertz CT molecular complexity index is 243. The first-order valence-electron chi connectivity index (χ1n) is 6.05. The van der Waals surface area contributed by atoms with Crippen LogP contribution in [-0.2, 0) is 4.79 Å². The molecule has 0 radical (unpaired) electrons. The second kappa shape index (κ2) is 7.49. The number of piperidine rings is 1. The number of carbonyl (C=O) groups is 1. The van der Waals surface area contributed by atoms with E-state index in [9.17, 15) is 4.79 Å². The van der Waals surface area contributed by atoms with Crippen molar-refractivity contribution < 1.29 is 4.79 Å². The van der Waals surface area contributed by atoms with E-state index < -0.39 is 0 Å². The van der Waals surface area contributed by atoms with Crippen molar-refractivity contribution in [3.8, 4) is 0 Å². The van der Waals surface area contributed by atoms with Gasteiger partial charge in [-0.1, -0.05) is 20.8 Å². The highest BCUT2D eigenvalue weighted by Crippen LogP contribution is 2.22. The summed E-state index contributed by atoms with van der Waals surface area (Å²) in [5.74, 6) is 0.729. The van der Waals surface area contributed by atoms with Gasteiger partial charge in [-0.3, -0.25) is 4.79 Å². The Morgan fingerprint density at radius 3 is 2.65 bits per heavy atom. The minimum atomic E-state index is 0. The summed E-state index contributed by atoms with van der Waals surface area (Å²) in [5, 5.41) is 6.51. The minimum absolute atomic E-state index is 0. The molecule has 1 fully saturated rings. The molecule has 2 N–H and O–H groups in total. The lowest BCUT2D eigenvalue weighted by Gasteiger charge is -2.31. The van der Waals surface area contributed by atoms with Crippen LogP contribution in [0.5, 0.6) is 0 Å². The first-order chi connectivity index (χ1) is 7.38. The molecule has 0 aromatic heterocycles. The van der Waals surface area contributed by atoms with Gasteiger partial charge in [-0.05, 0) is 26.3 Å². The summed E-state index contributed by atoms with van der Waals surface area (Å²) < 4.78 is 0.160. The number of nitrogens with one attached hydrogen (secondary N) is 2. The molecular formula is C12H25ClN2OS. The molecule has 0 spiro atoms. The maximum absolute atomic E-state index is 11.7. The fourth-order valence-electron chi connectivity index (χ4n) is 1.77. The van der Waals surface area contributed by atoms with Gasteiger partial charge in [-0.2, -0.15) is 0 Å². The molecule has 1 aliphatic rings. The maximum atomic E-state index is 11.7. The summed E-state index contributed by atoms with van der Waals surface area (Å²) in [6.45, 7) is 9.62. The van der Waals surface area contributed by atoms with E-state index in [-0.39, 0.29) is 23.1 Å². The first-order valence-corrected chi connectivity index (χ1v) is 7.04. The van der Waals surface area contributed by atoms with E-state index in [1.54, 1.807) is 11.8 Å². The van der Waals surface area contributed by atoms with Gasteiger partial charge >= 0.3 is 0 Å². The zero-order valence-electron chi connectivity index (χ0n) is 11.2. The van der Waals surface area contributed by atoms with Crippen LogP contribution in [0.1, 0.15) is 40.5 Å². The largest absolute Gasteiger partial charge is 0.351 e. The Hall–Kier alpha value is 0.0700. The third-order valence-electron chi connectivity index (χ3n) is 2.74. The predicted molar refractivity (Wildman–Crippen MR) is 78.1 cm³/mol. The molecule has 0 saturated carbocycles. The molecule has 2 atom stereocenters. The quantitative estimate of drug-likeness (QED) is 0.833. The van der Waals surface area contributed by atoms with Gasteiger partial charge in [0.15, 0.2) is 0 Å². The second-order valence-electron chi connectivity index (χ2n) is 5.46. The van der Waals surface area contributed by atoms with Crippen LogP contribution in [0, 0.1) is 0 Å². The topological polar surface area (TPSA) is 41.1 Å².